The highest BCUT2D eigenvalue weighted by atomic mass is 32.2. The topological polar surface area (TPSA) is 72.6 Å². The zero-order valence-electron chi connectivity index (χ0n) is 11.9. The first-order valence-corrected chi connectivity index (χ1v) is 7.64. The molecule has 0 fully saturated rings. The first-order chi connectivity index (χ1) is 8.75. The zero-order valence-corrected chi connectivity index (χ0v) is 12.7. The van der Waals surface area contributed by atoms with Gasteiger partial charge in [0.2, 0.25) is 10.0 Å². The van der Waals surface area contributed by atoms with E-state index in [-0.39, 0.29) is 4.90 Å². The molecular weight excluding hydrogens is 264 g/mol. The summed E-state index contributed by atoms with van der Waals surface area (Å²) in [5.41, 5.74) is 6.17. The summed E-state index contributed by atoms with van der Waals surface area (Å²) >= 11 is 0. The van der Waals surface area contributed by atoms with E-state index in [1.54, 1.807) is 6.07 Å². The first-order valence-electron chi connectivity index (χ1n) is 6.20. The van der Waals surface area contributed by atoms with Gasteiger partial charge in [-0.1, -0.05) is 13.8 Å². The number of hydrogen-bond acceptors (Lipinski definition) is 4. The van der Waals surface area contributed by atoms with Crippen molar-refractivity contribution < 1.29 is 13.2 Å². The summed E-state index contributed by atoms with van der Waals surface area (Å²) in [4.78, 5) is 0.172. The summed E-state index contributed by atoms with van der Waals surface area (Å²) < 4.78 is 30.6. The third-order valence-electron chi connectivity index (χ3n) is 2.71. The molecule has 1 aromatic carbocycles. The van der Waals surface area contributed by atoms with Crippen molar-refractivity contribution in [2.45, 2.75) is 25.2 Å². The van der Waals surface area contributed by atoms with Crippen molar-refractivity contribution in [1.29, 1.82) is 0 Å². The number of rotatable bonds is 6. The monoisotopic (exact) mass is 286 g/mol. The molecule has 108 valence electrons. The van der Waals surface area contributed by atoms with Gasteiger partial charge in [-0.15, -0.1) is 0 Å². The van der Waals surface area contributed by atoms with E-state index in [9.17, 15) is 8.42 Å². The minimum Gasteiger partial charge on any atom is -0.491 e. The fraction of sp³-hybridized carbons (Fsp3) is 0.538. The lowest BCUT2D eigenvalue weighted by molar-refractivity contribution is 0.291. The van der Waals surface area contributed by atoms with Crippen LogP contribution in [-0.4, -0.2) is 33.4 Å². The summed E-state index contributed by atoms with van der Waals surface area (Å²) in [5, 5.41) is 0. The molecule has 0 saturated carbocycles. The van der Waals surface area contributed by atoms with Gasteiger partial charge in [0.25, 0.3) is 0 Å². The highest BCUT2D eigenvalue weighted by Crippen LogP contribution is 2.26. The van der Waals surface area contributed by atoms with Crippen LogP contribution in [0.15, 0.2) is 23.1 Å². The second kappa shape index (κ2) is 6.25. The average molecular weight is 286 g/mol. The molecule has 0 heterocycles. The van der Waals surface area contributed by atoms with Crippen molar-refractivity contribution in [3.05, 3.63) is 18.2 Å². The molecule has 0 atom stereocenters. The predicted molar refractivity (Wildman–Crippen MR) is 76.7 cm³/mol. The van der Waals surface area contributed by atoms with Crippen LogP contribution < -0.4 is 10.5 Å². The Bertz CT molecular complexity index is 525. The van der Waals surface area contributed by atoms with Gasteiger partial charge in [0.1, 0.15) is 5.75 Å². The van der Waals surface area contributed by atoms with Crippen LogP contribution in [0.25, 0.3) is 0 Å². The molecule has 5 nitrogen and oxygen atoms in total. The van der Waals surface area contributed by atoms with E-state index in [1.165, 1.54) is 26.2 Å². The molecule has 1 aromatic rings. The highest BCUT2D eigenvalue weighted by molar-refractivity contribution is 7.89. The van der Waals surface area contributed by atoms with Crippen LogP contribution in [0.2, 0.25) is 0 Å². The largest absolute Gasteiger partial charge is 0.491 e. The molecule has 0 saturated heterocycles. The fourth-order valence-electron chi connectivity index (χ4n) is 1.43. The minimum atomic E-state index is -3.45. The van der Waals surface area contributed by atoms with Crippen LogP contribution in [0.3, 0.4) is 0 Å². The Balaban J connectivity index is 2.86. The van der Waals surface area contributed by atoms with Crippen molar-refractivity contribution in [3.63, 3.8) is 0 Å². The van der Waals surface area contributed by atoms with Gasteiger partial charge in [-0.3, -0.25) is 0 Å². The van der Waals surface area contributed by atoms with Crippen LogP contribution >= 0.6 is 0 Å². The van der Waals surface area contributed by atoms with Crippen LogP contribution in [0.4, 0.5) is 5.69 Å². The molecule has 19 heavy (non-hydrogen) atoms. The lowest BCUT2D eigenvalue weighted by Crippen LogP contribution is -2.22. The molecule has 0 aliphatic rings. The summed E-state index contributed by atoms with van der Waals surface area (Å²) in [7, 11) is -0.483. The molecule has 0 amide bonds. The van der Waals surface area contributed by atoms with E-state index in [1.807, 2.05) is 0 Å². The van der Waals surface area contributed by atoms with Gasteiger partial charge >= 0.3 is 0 Å². The Morgan fingerprint density at radius 2 is 1.95 bits per heavy atom. The summed E-state index contributed by atoms with van der Waals surface area (Å²) in [6, 6.07) is 4.54. The normalized spacial score (nSPS) is 12.1. The molecule has 0 aromatic heterocycles. The first kappa shape index (κ1) is 15.8. The lowest BCUT2D eigenvalue weighted by atomic mass is 10.1. The van der Waals surface area contributed by atoms with E-state index in [4.69, 9.17) is 10.5 Å². The third kappa shape index (κ3) is 4.11. The second-order valence-electron chi connectivity index (χ2n) is 5.02. The van der Waals surface area contributed by atoms with Gasteiger partial charge in [0.05, 0.1) is 17.2 Å². The Labute approximate surface area is 115 Å². The van der Waals surface area contributed by atoms with Crippen molar-refractivity contribution in [2.75, 3.05) is 26.4 Å². The number of nitrogens with two attached hydrogens (primary N) is 1. The van der Waals surface area contributed by atoms with E-state index >= 15 is 0 Å². The standard InChI is InChI=1S/C13H22N2O3S/c1-10(2)7-8-18-13-6-5-11(9-12(13)14)19(16,17)15(3)4/h5-6,9-10H,7-8,14H2,1-4H3. The molecule has 0 spiro atoms. The lowest BCUT2D eigenvalue weighted by Gasteiger charge is -2.14. The summed E-state index contributed by atoms with van der Waals surface area (Å²) in [6.45, 7) is 4.79. The zero-order chi connectivity index (χ0) is 14.6. The van der Waals surface area contributed by atoms with E-state index < -0.39 is 10.0 Å². The molecule has 0 radical (unpaired) electrons. The molecule has 0 aliphatic heterocycles. The summed E-state index contributed by atoms with van der Waals surface area (Å²) in [6.07, 6.45) is 0.928. The number of nitrogen functional groups attached to an aromatic ring is 1. The number of benzene rings is 1. The van der Waals surface area contributed by atoms with Gasteiger partial charge in [-0.05, 0) is 30.5 Å². The maximum Gasteiger partial charge on any atom is 0.242 e. The van der Waals surface area contributed by atoms with Gasteiger partial charge in [0, 0.05) is 14.1 Å². The molecule has 6 heteroatoms. The smallest absolute Gasteiger partial charge is 0.242 e. The second-order valence-corrected chi connectivity index (χ2v) is 7.17. The number of sulfonamides is 1. The Morgan fingerprint density at radius 3 is 2.42 bits per heavy atom. The third-order valence-corrected chi connectivity index (χ3v) is 4.52. The van der Waals surface area contributed by atoms with E-state index in [0.29, 0.717) is 24.0 Å². The Morgan fingerprint density at radius 1 is 1.32 bits per heavy atom. The maximum absolute atomic E-state index is 11.9. The number of anilines is 1. The van der Waals surface area contributed by atoms with Gasteiger partial charge in [-0.25, -0.2) is 12.7 Å². The van der Waals surface area contributed by atoms with Crippen molar-refractivity contribution in [2.24, 2.45) is 5.92 Å². The van der Waals surface area contributed by atoms with Gasteiger partial charge in [0.15, 0.2) is 0 Å². The molecule has 0 bridgehead atoms. The van der Waals surface area contributed by atoms with E-state index in [0.717, 1.165) is 10.7 Å². The van der Waals surface area contributed by atoms with Gasteiger partial charge in [-0.2, -0.15) is 0 Å². The Hall–Kier alpha value is -1.27. The Kier molecular flexibility index (Phi) is 5.20. The van der Waals surface area contributed by atoms with Crippen molar-refractivity contribution in [1.82, 2.24) is 4.31 Å². The van der Waals surface area contributed by atoms with Crippen LogP contribution in [0.5, 0.6) is 5.75 Å². The molecule has 0 unspecified atom stereocenters. The van der Waals surface area contributed by atoms with Gasteiger partial charge < -0.3 is 10.5 Å². The van der Waals surface area contributed by atoms with Crippen LogP contribution in [-0.2, 0) is 10.0 Å². The summed E-state index contributed by atoms with van der Waals surface area (Å²) in [5.74, 6) is 1.08. The van der Waals surface area contributed by atoms with Crippen molar-refractivity contribution >= 4 is 15.7 Å². The minimum absolute atomic E-state index is 0.172. The maximum atomic E-state index is 11.9. The molecular formula is C13H22N2O3S. The van der Waals surface area contributed by atoms with Crippen molar-refractivity contribution in [3.8, 4) is 5.75 Å². The predicted octanol–water partition coefficient (Wildman–Crippen LogP) is 1.94. The highest BCUT2D eigenvalue weighted by Gasteiger charge is 2.18. The van der Waals surface area contributed by atoms with E-state index in [2.05, 4.69) is 13.8 Å². The van der Waals surface area contributed by atoms with Crippen LogP contribution in [0.1, 0.15) is 20.3 Å². The van der Waals surface area contributed by atoms with Crippen LogP contribution in [0, 0.1) is 5.92 Å². The molecule has 1 rings (SSSR count). The SMILES string of the molecule is CC(C)CCOc1ccc(S(=O)(=O)N(C)C)cc1N. The quantitative estimate of drug-likeness (QED) is 0.811. The average Bonchev–Trinajstić information content (AvgIpc) is 2.30. The number of nitrogens with zero attached hydrogens (tertiary/aromatic N) is 1. The molecule has 0 aliphatic carbocycles. The number of hydrogen-bond donors (Lipinski definition) is 1. The fourth-order valence-corrected chi connectivity index (χ4v) is 2.37. The number of ether oxygens (including phenoxy) is 1. The molecule has 2 N–H and O–H groups in total.